The molecule has 0 saturated carbocycles. The number of hydrogen-bond donors (Lipinski definition) is 0. The van der Waals surface area contributed by atoms with Gasteiger partial charge < -0.3 is 0 Å². The van der Waals surface area contributed by atoms with Crippen LogP contribution in [0.3, 0.4) is 0 Å². The molecule has 0 N–H and O–H groups in total. The van der Waals surface area contributed by atoms with Crippen molar-refractivity contribution in [2.75, 3.05) is 13.1 Å². The number of nitrogens with zero attached hydrogens (tertiary/aromatic N) is 1. The molecule has 0 aliphatic heterocycles. The molecule has 0 spiro atoms. The summed E-state index contributed by atoms with van der Waals surface area (Å²) < 4.78 is 0. The minimum absolute atomic E-state index is 0.392. The van der Waals surface area contributed by atoms with Crippen molar-refractivity contribution in [3.8, 4) is 0 Å². The molecule has 0 radical (unpaired) electrons. The van der Waals surface area contributed by atoms with Gasteiger partial charge in [-0.1, -0.05) is 97.8 Å². The molecule has 0 aliphatic carbocycles. The van der Waals surface area contributed by atoms with Gasteiger partial charge in [0.15, 0.2) is 0 Å². The first-order chi connectivity index (χ1) is 11.6. The Hall–Kier alpha value is -0.0400. The van der Waals surface area contributed by atoms with Crippen molar-refractivity contribution in [1.29, 1.82) is 0 Å². The number of unbranched alkanes of at least 4 members (excludes halogenated alkanes) is 11. The van der Waals surface area contributed by atoms with E-state index >= 15 is 0 Å². The summed E-state index contributed by atoms with van der Waals surface area (Å²) >= 11 is 0. The molecule has 24 heavy (non-hydrogen) atoms. The largest absolute Gasteiger partial charge is 0.298 e. The summed E-state index contributed by atoms with van der Waals surface area (Å²) in [6.45, 7) is 14.5. The Bertz CT molecular complexity index is 230. The molecule has 0 atom stereocenters. The van der Waals surface area contributed by atoms with E-state index in [-0.39, 0.29) is 0 Å². The van der Waals surface area contributed by atoms with Gasteiger partial charge in [0.2, 0.25) is 0 Å². The van der Waals surface area contributed by atoms with Gasteiger partial charge in [-0.2, -0.15) is 0 Å². The SMILES string of the molecule is CCCCCCCCN(CCCCCCCC)C(C)(C)CCCC. The van der Waals surface area contributed by atoms with E-state index in [2.05, 4.69) is 39.5 Å². The van der Waals surface area contributed by atoms with Crippen molar-refractivity contribution in [3.05, 3.63) is 0 Å². The highest BCUT2D eigenvalue weighted by Crippen LogP contribution is 2.23. The fraction of sp³-hybridized carbons (Fsp3) is 1.00. The first-order valence-corrected chi connectivity index (χ1v) is 11.3. The van der Waals surface area contributed by atoms with Crippen LogP contribution in [0.5, 0.6) is 0 Å². The van der Waals surface area contributed by atoms with E-state index in [4.69, 9.17) is 0 Å². The van der Waals surface area contributed by atoms with Gasteiger partial charge >= 0.3 is 0 Å². The van der Waals surface area contributed by atoms with E-state index in [0.717, 1.165) is 0 Å². The lowest BCUT2D eigenvalue weighted by Crippen LogP contribution is -2.45. The first kappa shape index (κ1) is 24.0. The molecule has 0 fully saturated rings. The van der Waals surface area contributed by atoms with Gasteiger partial charge in [-0.25, -0.2) is 0 Å². The third-order valence-electron chi connectivity index (χ3n) is 5.56. The van der Waals surface area contributed by atoms with Crippen LogP contribution in [0.15, 0.2) is 0 Å². The first-order valence-electron chi connectivity index (χ1n) is 11.3. The van der Waals surface area contributed by atoms with Crippen LogP contribution in [0.1, 0.15) is 131 Å². The summed E-state index contributed by atoms with van der Waals surface area (Å²) in [6, 6.07) is 0. The molecule has 1 nitrogen and oxygen atoms in total. The maximum absolute atomic E-state index is 2.82. The second-order valence-corrected chi connectivity index (χ2v) is 8.44. The Morgan fingerprint density at radius 1 is 0.500 bits per heavy atom. The lowest BCUT2D eigenvalue weighted by Gasteiger charge is -2.39. The Morgan fingerprint density at radius 3 is 1.29 bits per heavy atom. The molecule has 0 aromatic carbocycles. The van der Waals surface area contributed by atoms with Gasteiger partial charge in [0.25, 0.3) is 0 Å². The summed E-state index contributed by atoms with van der Waals surface area (Å²) in [4.78, 5) is 2.82. The van der Waals surface area contributed by atoms with E-state index in [0.29, 0.717) is 5.54 Å². The van der Waals surface area contributed by atoms with Crippen LogP contribution < -0.4 is 0 Å². The van der Waals surface area contributed by atoms with Crippen LogP contribution in [0, 0.1) is 0 Å². The van der Waals surface area contributed by atoms with Crippen LogP contribution in [0.2, 0.25) is 0 Å². The Balaban J connectivity index is 4.13. The minimum Gasteiger partial charge on any atom is -0.298 e. The van der Waals surface area contributed by atoms with E-state index in [1.165, 1.54) is 109 Å². The zero-order valence-electron chi connectivity index (χ0n) is 18.0. The molecular weight excluding hydrogens is 290 g/mol. The molecule has 146 valence electrons. The highest BCUT2D eigenvalue weighted by molar-refractivity contribution is 4.81. The highest BCUT2D eigenvalue weighted by atomic mass is 15.2. The van der Waals surface area contributed by atoms with Crippen LogP contribution in [0.25, 0.3) is 0 Å². The van der Waals surface area contributed by atoms with Crippen molar-refractivity contribution in [1.82, 2.24) is 4.90 Å². The predicted octanol–water partition coefficient (Wildman–Crippen LogP) is 7.98. The predicted molar refractivity (Wildman–Crippen MR) is 112 cm³/mol. The van der Waals surface area contributed by atoms with Gasteiger partial charge in [-0.3, -0.25) is 4.90 Å². The van der Waals surface area contributed by atoms with Crippen molar-refractivity contribution in [3.63, 3.8) is 0 Å². The van der Waals surface area contributed by atoms with Gasteiger partial charge in [-0.05, 0) is 46.2 Å². The Kier molecular flexibility index (Phi) is 16.4. The average Bonchev–Trinajstić information content (AvgIpc) is 2.57. The van der Waals surface area contributed by atoms with Crippen LogP contribution >= 0.6 is 0 Å². The zero-order chi connectivity index (χ0) is 18.1. The molecule has 1 heteroatoms. The maximum atomic E-state index is 2.82. The molecule has 0 heterocycles. The summed E-state index contributed by atoms with van der Waals surface area (Å²) in [5.41, 5.74) is 0.392. The summed E-state index contributed by atoms with van der Waals surface area (Å²) in [5.74, 6) is 0. The molecular formula is C23H49N. The summed E-state index contributed by atoms with van der Waals surface area (Å²) in [6.07, 6.45) is 21.0. The van der Waals surface area contributed by atoms with Crippen LogP contribution in [-0.4, -0.2) is 23.5 Å². The lowest BCUT2D eigenvalue weighted by molar-refractivity contribution is 0.103. The smallest absolute Gasteiger partial charge is 0.0153 e. The topological polar surface area (TPSA) is 3.24 Å². The zero-order valence-corrected chi connectivity index (χ0v) is 18.0. The molecule has 0 bridgehead atoms. The van der Waals surface area contributed by atoms with E-state index in [9.17, 15) is 0 Å². The van der Waals surface area contributed by atoms with E-state index < -0.39 is 0 Å². The standard InChI is InChI=1S/C23H49N/c1-6-9-12-14-16-18-21-24(23(4,5)20-11-8-3)22-19-17-15-13-10-7-2/h6-22H2,1-5H3. The molecule has 0 aromatic rings. The summed E-state index contributed by atoms with van der Waals surface area (Å²) in [7, 11) is 0. The minimum atomic E-state index is 0.392. The third-order valence-corrected chi connectivity index (χ3v) is 5.56. The third kappa shape index (κ3) is 13.3. The van der Waals surface area contributed by atoms with Crippen LogP contribution in [-0.2, 0) is 0 Å². The van der Waals surface area contributed by atoms with Crippen molar-refractivity contribution < 1.29 is 0 Å². The van der Waals surface area contributed by atoms with Gasteiger partial charge in [0.05, 0.1) is 0 Å². The maximum Gasteiger partial charge on any atom is 0.0153 e. The normalized spacial score (nSPS) is 12.2. The van der Waals surface area contributed by atoms with E-state index in [1.807, 2.05) is 0 Å². The fourth-order valence-corrected chi connectivity index (χ4v) is 3.65. The number of rotatable bonds is 18. The van der Waals surface area contributed by atoms with Crippen molar-refractivity contribution in [2.45, 2.75) is 136 Å². The highest BCUT2D eigenvalue weighted by Gasteiger charge is 2.25. The molecule has 0 unspecified atom stereocenters. The fourth-order valence-electron chi connectivity index (χ4n) is 3.65. The van der Waals surface area contributed by atoms with Crippen LogP contribution in [0.4, 0.5) is 0 Å². The Labute approximate surface area is 155 Å². The Morgan fingerprint density at radius 2 is 0.875 bits per heavy atom. The van der Waals surface area contributed by atoms with Gasteiger partial charge in [-0.15, -0.1) is 0 Å². The van der Waals surface area contributed by atoms with Crippen molar-refractivity contribution >= 4 is 0 Å². The molecule has 0 rings (SSSR count). The van der Waals surface area contributed by atoms with Gasteiger partial charge in [0, 0.05) is 5.54 Å². The van der Waals surface area contributed by atoms with Crippen molar-refractivity contribution in [2.24, 2.45) is 0 Å². The molecule has 0 aliphatic rings. The second kappa shape index (κ2) is 16.4. The molecule has 0 amide bonds. The number of hydrogen-bond acceptors (Lipinski definition) is 1. The quantitative estimate of drug-likeness (QED) is 0.229. The second-order valence-electron chi connectivity index (χ2n) is 8.44. The van der Waals surface area contributed by atoms with E-state index in [1.54, 1.807) is 0 Å². The lowest BCUT2D eigenvalue weighted by atomic mass is 9.94. The molecule has 0 saturated heterocycles. The monoisotopic (exact) mass is 339 g/mol. The summed E-state index contributed by atoms with van der Waals surface area (Å²) in [5, 5.41) is 0. The van der Waals surface area contributed by atoms with Gasteiger partial charge in [0.1, 0.15) is 0 Å². The average molecular weight is 340 g/mol. The molecule has 0 aromatic heterocycles.